The van der Waals surface area contributed by atoms with E-state index in [1.54, 1.807) is 12.2 Å². The first-order chi connectivity index (χ1) is 17.8. The molecular formula is C34H37FNO+. The van der Waals surface area contributed by atoms with Gasteiger partial charge in [0.25, 0.3) is 0 Å². The lowest BCUT2D eigenvalue weighted by molar-refractivity contribution is -0.692. The van der Waals surface area contributed by atoms with Crippen LogP contribution >= 0.6 is 0 Å². The smallest absolute Gasteiger partial charge is 0.189 e. The Labute approximate surface area is 220 Å². The molecule has 0 amide bonds. The number of hydrogen-bond donors (Lipinski definition) is 0. The standard InChI is InChI=1S/C34H37FNO/c1-20-18-36-19-30-25(31(36)15-22(20)17-34(2,3)4)13-14-27-29-16-28(21-9-11-23(35)12-10-21)24-7-5-6-8-26(24)32(29)37-33(27)30/h5,7,9,11-15,18,21,25,28,30H,6,8,10,16-17,19H2,1-4H3/q+1. The summed E-state index contributed by atoms with van der Waals surface area (Å²) in [5.41, 5.74) is 10.1. The number of hydrogen-bond acceptors (Lipinski definition) is 1. The average Bonchev–Trinajstić information content (AvgIpc) is 3.41. The zero-order valence-corrected chi connectivity index (χ0v) is 22.5. The Kier molecular flexibility index (Phi) is 5.19. The van der Waals surface area contributed by atoms with Crippen LogP contribution in [0.25, 0.3) is 11.6 Å². The highest BCUT2D eigenvalue weighted by molar-refractivity contribution is 5.78. The first-order valence-corrected chi connectivity index (χ1v) is 14.1. The molecule has 0 aromatic carbocycles. The third-order valence-electron chi connectivity index (χ3n) is 9.19. The molecule has 4 aliphatic carbocycles. The molecule has 3 heterocycles. The van der Waals surface area contributed by atoms with Crippen molar-refractivity contribution in [1.29, 1.82) is 0 Å². The summed E-state index contributed by atoms with van der Waals surface area (Å²) in [6, 6.07) is 2.47. The maximum atomic E-state index is 13.8. The van der Waals surface area contributed by atoms with Crippen LogP contribution in [0.2, 0.25) is 0 Å². The van der Waals surface area contributed by atoms with Crippen molar-refractivity contribution in [1.82, 2.24) is 0 Å². The molecule has 0 fully saturated rings. The maximum Gasteiger partial charge on any atom is 0.189 e. The van der Waals surface area contributed by atoms with Crippen molar-refractivity contribution >= 4 is 11.6 Å². The maximum absolute atomic E-state index is 13.8. The van der Waals surface area contributed by atoms with Crippen LogP contribution in [-0.4, -0.2) is 0 Å². The van der Waals surface area contributed by atoms with Gasteiger partial charge in [0.05, 0.1) is 11.8 Å². The third kappa shape index (κ3) is 3.76. The zero-order valence-electron chi connectivity index (χ0n) is 22.5. The number of allylic oxidation sites excluding steroid dienone is 9. The second-order valence-electron chi connectivity index (χ2n) is 13.0. The molecule has 2 nitrogen and oxygen atoms in total. The summed E-state index contributed by atoms with van der Waals surface area (Å²) < 4.78 is 23.1. The van der Waals surface area contributed by atoms with Crippen molar-refractivity contribution in [2.45, 2.75) is 78.2 Å². The Morgan fingerprint density at radius 2 is 1.97 bits per heavy atom. The fourth-order valence-electron chi connectivity index (χ4n) is 7.48. The Bertz CT molecular complexity index is 1450. The van der Waals surface area contributed by atoms with E-state index in [9.17, 15) is 4.39 Å². The molecule has 4 atom stereocenters. The van der Waals surface area contributed by atoms with Crippen molar-refractivity contribution in [3.05, 3.63) is 99.6 Å². The highest BCUT2D eigenvalue weighted by Gasteiger charge is 2.46. The van der Waals surface area contributed by atoms with Crippen LogP contribution in [-0.2, 0) is 19.4 Å². The van der Waals surface area contributed by atoms with Gasteiger partial charge < -0.3 is 4.42 Å². The van der Waals surface area contributed by atoms with E-state index in [1.807, 2.05) is 0 Å². The van der Waals surface area contributed by atoms with Crippen molar-refractivity contribution < 1.29 is 13.4 Å². The summed E-state index contributed by atoms with van der Waals surface area (Å²) in [7, 11) is 0. The van der Waals surface area contributed by atoms with Crippen LogP contribution in [0, 0.1) is 24.2 Å². The van der Waals surface area contributed by atoms with Gasteiger partial charge in [-0.3, -0.25) is 0 Å². The topological polar surface area (TPSA) is 17.0 Å². The van der Waals surface area contributed by atoms with E-state index in [1.165, 1.54) is 44.9 Å². The molecule has 0 saturated carbocycles. The van der Waals surface area contributed by atoms with Crippen molar-refractivity contribution in [3.8, 4) is 0 Å². The third-order valence-corrected chi connectivity index (χ3v) is 9.19. The largest absolute Gasteiger partial charge is 0.460 e. The Hall–Kier alpha value is -2.94. The number of rotatable bonds is 2. The summed E-state index contributed by atoms with van der Waals surface area (Å²) in [6.07, 6.45) is 22.2. The molecule has 2 aromatic rings. The molecule has 0 N–H and O–H groups in total. The molecule has 190 valence electrons. The lowest BCUT2D eigenvalue weighted by atomic mass is 9.70. The van der Waals surface area contributed by atoms with E-state index >= 15 is 0 Å². The lowest BCUT2D eigenvalue weighted by Gasteiger charge is -2.33. The van der Waals surface area contributed by atoms with E-state index in [0.29, 0.717) is 23.7 Å². The van der Waals surface area contributed by atoms with Gasteiger partial charge in [0.15, 0.2) is 18.4 Å². The monoisotopic (exact) mass is 494 g/mol. The molecular weight excluding hydrogens is 457 g/mol. The summed E-state index contributed by atoms with van der Waals surface area (Å²) in [4.78, 5) is 0. The number of pyridine rings is 1. The number of aromatic nitrogens is 1. The number of nitrogens with zero attached hydrogens (tertiary/aromatic N) is 1. The molecule has 0 bridgehead atoms. The predicted molar refractivity (Wildman–Crippen MR) is 147 cm³/mol. The highest BCUT2D eigenvalue weighted by Crippen LogP contribution is 2.52. The molecule has 1 aliphatic heterocycles. The Morgan fingerprint density at radius 3 is 2.76 bits per heavy atom. The number of furan rings is 1. The number of fused-ring (bicyclic) bond motifs is 8. The van der Waals surface area contributed by atoms with Crippen molar-refractivity contribution in [3.63, 3.8) is 0 Å². The van der Waals surface area contributed by atoms with Gasteiger partial charge in [-0.25, -0.2) is 8.96 Å². The minimum absolute atomic E-state index is 0.102. The average molecular weight is 495 g/mol. The molecule has 0 saturated heterocycles. The summed E-state index contributed by atoms with van der Waals surface area (Å²) in [5, 5.41) is 0. The van der Waals surface area contributed by atoms with E-state index in [0.717, 1.165) is 44.4 Å². The molecule has 0 radical (unpaired) electrons. The van der Waals surface area contributed by atoms with Gasteiger partial charge in [-0.1, -0.05) is 51.2 Å². The van der Waals surface area contributed by atoms with Gasteiger partial charge in [-0.15, -0.1) is 0 Å². The van der Waals surface area contributed by atoms with E-state index < -0.39 is 0 Å². The van der Waals surface area contributed by atoms with Crippen molar-refractivity contribution in [2.24, 2.45) is 17.3 Å². The van der Waals surface area contributed by atoms with Crippen molar-refractivity contribution in [2.75, 3.05) is 0 Å². The fourth-order valence-corrected chi connectivity index (χ4v) is 7.48. The molecule has 0 spiro atoms. The minimum Gasteiger partial charge on any atom is -0.460 e. The van der Waals surface area contributed by atoms with E-state index in [2.05, 4.69) is 74.9 Å². The molecule has 3 heteroatoms. The van der Waals surface area contributed by atoms with Gasteiger partial charge in [-0.05, 0) is 85.1 Å². The Morgan fingerprint density at radius 1 is 1.11 bits per heavy atom. The second kappa shape index (κ2) is 8.28. The van der Waals surface area contributed by atoms with E-state index in [4.69, 9.17) is 4.42 Å². The molecule has 4 unspecified atom stereocenters. The summed E-state index contributed by atoms with van der Waals surface area (Å²) >= 11 is 0. The SMILES string of the molecule is Cc1c[n+]2c(cc1CC(C)(C)C)C1C=Cc3c(oc4c3CC(C3C=CC(F)=CC3)C3=C4CCC=C3)C1C2. The first-order valence-electron chi connectivity index (χ1n) is 14.1. The van der Waals surface area contributed by atoms with Crippen LogP contribution in [0.1, 0.15) is 91.3 Å². The van der Waals surface area contributed by atoms with Gasteiger partial charge >= 0.3 is 0 Å². The molecule has 7 rings (SSSR count). The van der Waals surface area contributed by atoms with Gasteiger partial charge in [0, 0.05) is 22.8 Å². The van der Waals surface area contributed by atoms with Crippen LogP contribution in [0.4, 0.5) is 4.39 Å². The lowest BCUT2D eigenvalue weighted by Crippen LogP contribution is -2.34. The molecule has 5 aliphatic rings. The second-order valence-corrected chi connectivity index (χ2v) is 13.0. The minimum atomic E-state index is -0.102. The van der Waals surface area contributed by atoms with Crippen LogP contribution < -0.4 is 4.57 Å². The van der Waals surface area contributed by atoms with Crippen LogP contribution in [0.15, 0.2) is 64.5 Å². The quantitative estimate of drug-likeness (QED) is 0.386. The fraction of sp³-hybridized carbons (Fsp3) is 0.441. The van der Waals surface area contributed by atoms with Crippen LogP contribution in [0.5, 0.6) is 0 Å². The van der Waals surface area contributed by atoms with E-state index in [-0.39, 0.29) is 11.2 Å². The number of halogens is 1. The Balaban J connectivity index is 1.27. The highest BCUT2D eigenvalue weighted by atomic mass is 19.1. The van der Waals surface area contributed by atoms with Gasteiger partial charge in [-0.2, -0.15) is 0 Å². The summed E-state index contributed by atoms with van der Waals surface area (Å²) in [6.45, 7) is 10.2. The zero-order chi connectivity index (χ0) is 25.5. The van der Waals surface area contributed by atoms with Gasteiger partial charge in [0.1, 0.15) is 17.3 Å². The van der Waals surface area contributed by atoms with Gasteiger partial charge in [0.2, 0.25) is 0 Å². The van der Waals surface area contributed by atoms with Crippen LogP contribution in [0.3, 0.4) is 0 Å². The normalized spacial score (nSPS) is 27.4. The summed E-state index contributed by atoms with van der Waals surface area (Å²) in [5.74, 6) is 3.65. The molecule has 37 heavy (non-hydrogen) atoms. The predicted octanol–water partition coefficient (Wildman–Crippen LogP) is 8.08. The molecule has 2 aromatic heterocycles. The first kappa shape index (κ1) is 23.2. The number of aryl methyl sites for hydroxylation is 1.